The Balaban J connectivity index is 1.71. The van der Waals surface area contributed by atoms with Gasteiger partial charge in [0.05, 0.1) is 11.4 Å². The van der Waals surface area contributed by atoms with E-state index in [2.05, 4.69) is 16.9 Å². The Kier molecular flexibility index (Phi) is 5.21. The van der Waals surface area contributed by atoms with Gasteiger partial charge in [0.2, 0.25) is 0 Å². The second-order valence-corrected chi connectivity index (χ2v) is 8.38. The minimum absolute atomic E-state index is 0.0825. The van der Waals surface area contributed by atoms with Crippen LogP contribution in [0.4, 0.5) is 11.4 Å². The zero-order valence-corrected chi connectivity index (χ0v) is 16.7. The predicted octanol–water partition coefficient (Wildman–Crippen LogP) is 4.30. The summed E-state index contributed by atoms with van der Waals surface area (Å²) in [5, 5.41) is -1.21. The van der Waals surface area contributed by atoms with Gasteiger partial charge in [-0.05, 0) is 48.7 Å². The zero-order valence-electron chi connectivity index (χ0n) is 15.9. The Hall–Kier alpha value is -2.97. The lowest BCUT2D eigenvalue weighted by Crippen LogP contribution is -2.26. The SMILES string of the molecule is CCc1ccc2c(c1)N(CCC(c1ncccn1)S(=O)(=O)O)c1ccccc1O2. The molecule has 4 rings (SSSR count). The first-order chi connectivity index (χ1) is 14.0. The number of hydrogen-bond acceptors (Lipinski definition) is 6. The molecule has 7 nitrogen and oxygen atoms in total. The van der Waals surface area contributed by atoms with Crippen LogP contribution in [0.1, 0.15) is 30.0 Å². The van der Waals surface area contributed by atoms with Crippen LogP contribution in [0.25, 0.3) is 0 Å². The van der Waals surface area contributed by atoms with Gasteiger partial charge in [-0.3, -0.25) is 4.55 Å². The minimum atomic E-state index is -4.37. The summed E-state index contributed by atoms with van der Waals surface area (Å²) in [5.74, 6) is 1.49. The molecule has 150 valence electrons. The fourth-order valence-corrected chi connectivity index (χ4v) is 4.26. The average Bonchev–Trinajstić information content (AvgIpc) is 2.72. The second-order valence-electron chi connectivity index (χ2n) is 6.78. The third-order valence-electron chi connectivity index (χ3n) is 4.95. The van der Waals surface area contributed by atoms with Crippen molar-refractivity contribution in [3.05, 3.63) is 72.3 Å². The van der Waals surface area contributed by atoms with Crippen molar-refractivity contribution in [3.63, 3.8) is 0 Å². The van der Waals surface area contributed by atoms with Gasteiger partial charge in [-0.1, -0.05) is 25.1 Å². The highest BCUT2D eigenvalue weighted by atomic mass is 32.2. The Bertz CT molecular complexity index is 1120. The van der Waals surface area contributed by atoms with E-state index >= 15 is 0 Å². The van der Waals surface area contributed by atoms with E-state index in [1.165, 1.54) is 12.4 Å². The van der Waals surface area contributed by atoms with E-state index in [4.69, 9.17) is 4.74 Å². The van der Waals surface area contributed by atoms with E-state index in [1.54, 1.807) is 6.07 Å². The Morgan fingerprint density at radius 2 is 1.76 bits per heavy atom. The van der Waals surface area contributed by atoms with E-state index in [9.17, 15) is 13.0 Å². The Morgan fingerprint density at radius 3 is 2.48 bits per heavy atom. The average molecular weight is 411 g/mol. The van der Waals surface area contributed by atoms with Crippen molar-refractivity contribution >= 4 is 21.5 Å². The molecule has 29 heavy (non-hydrogen) atoms. The molecular formula is C21H21N3O4S. The van der Waals surface area contributed by atoms with E-state index < -0.39 is 15.4 Å². The number of fused-ring (bicyclic) bond motifs is 2. The topological polar surface area (TPSA) is 92.6 Å². The van der Waals surface area contributed by atoms with Gasteiger partial charge in [0.15, 0.2) is 11.5 Å². The lowest BCUT2D eigenvalue weighted by molar-refractivity contribution is 0.458. The van der Waals surface area contributed by atoms with Crippen molar-refractivity contribution < 1.29 is 17.7 Å². The molecule has 3 aromatic rings. The molecule has 0 saturated carbocycles. The number of hydrogen-bond donors (Lipinski definition) is 1. The molecular weight excluding hydrogens is 390 g/mol. The van der Waals surface area contributed by atoms with Crippen LogP contribution in [-0.2, 0) is 16.5 Å². The van der Waals surface area contributed by atoms with Crippen LogP contribution >= 0.6 is 0 Å². The largest absolute Gasteiger partial charge is 0.453 e. The minimum Gasteiger partial charge on any atom is -0.453 e. The molecule has 0 saturated heterocycles. The second kappa shape index (κ2) is 7.81. The van der Waals surface area contributed by atoms with Crippen LogP contribution in [0.5, 0.6) is 11.5 Å². The molecule has 0 bridgehead atoms. The first kappa shape index (κ1) is 19.4. The van der Waals surface area contributed by atoms with Crippen molar-refractivity contribution in [1.82, 2.24) is 9.97 Å². The maximum atomic E-state index is 12.0. The van der Waals surface area contributed by atoms with E-state index in [1.807, 2.05) is 47.4 Å². The van der Waals surface area contributed by atoms with Crippen LogP contribution in [0.3, 0.4) is 0 Å². The zero-order chi connectivity index (χ0) is 20.4. The molecule has 1 atom stereocenters. The molecule has 1 aliphatic heterocycles. The summed E-state index contributed by atoms with van der Waals surface area (Å²) >= 11 is 0. The Morgan fingerprint density at radius 1 is 1.03 bits per heavy atom. The normalized spacial score (nSPS) is 13.9. The fraction of sp³-hybridized carbons (Fsp3) is 0.238. The van der Waals surface area contributed by atoms with E-state index in [0.29, 0.717) is 18.0 Å². The number of ether oxygens (including phenoxy) is 1. The molecule has 0 fully saturated rings. The summed E-state index contributed by atoms with van der Waals surface area (Å²) in [6.45, 7) is 2.41. The highest BCUT2D eigenvalue weighted by Crippen LogP contribution is 2.47. The third-order valence-corrected chi connectivity index (χ3v) is 6.11. The summed E-state index contributed by atoms with van der Waals surface area (Å²) in [5.41, 5.74) is 2.86. The number of anilines is 2. The van der Waals surface area contributed by atoms with Crippen molar-refractivity contribution in [2.24, 2.45) is 0 Å². The standard InChI is InChI=1S/C21H21N3O4S/c1-2-15-8-9-19-17(14-15)24(16-6-3-4-7-18(16)28-19)13-10-20(29(25,26)27)21-22-11-5-12-23-21/h3-9,11-12,14,20H,2,10,13H2,1H3,(H,25,26,27). The van der Waals surface area contributed by atoms with Crippen LogP contribution in [0.15, 0.2) is 60.9 Å². The molecule has 0 amide bonds. The number of para-hydroxylation sites is 2. The van der Waals surface area contributed by atoms with Gasteiger partial charge in [-0.2, -0.15) is 8.42 Å². The highest BCUT2D eigenvalue weighted by Gasteiger charge is 2.31. The predicted molar refractivity (Wildman–Crippen MR) is 110 cm³/mol. The number of benzene rings is 2. The van der Waals surface area contributed by atoms with Gasteiger partial charge in [0.25, 0.3) is 10.1 Å². The van der Waals surface area contributed by atoms with E-state index in [0.717, 1.165) is 23.4 Å². The molecule has 0 aliphatic carbocycles. The van der Waals surface area contributed by atoms with E-state index in [-0.39, 0.29) is 12.2 Å². The summed E-state index contributed by atoms with van der Waals surface area (Å²) in [4.78, 5) is 10.1. The molecule has 1 aromatic heterocycles. The first-order valence-electron chi connectivity index (χ1n) is 9.38. The molecule has 2 heterocycles. The fourth-order valence-electron chi connectivity index (χ4n) is 3.47. The number of nitrogens with zero attached hydrogens (tertiary/aromatic N) is 3. The molecule has 1 aliphatic rings. The first-order valence-corrected chi connectivity index (χ1v) is 10.9. The van der Waals surface area contributed by atoms with Crippen LogP contribution in [0, 0.1) is 0 Å². The molecule has 0 radical (unpaired) electrons. The van der Waals surface area contributed by atoms with Crippen LogP contribution in [0.2, 0.25) is 0 Å². The van der Waals surface area contributed by atoms with Gasteiger partial charge in [-0.25, -0.2) is 9.97 Å². The summed E-state index contributed by atoms with van der Waals surface area (Å²) in [6, 6.07) is 15.2. The van der Waals surface area contributed by atoms with Gasteiger partial charge < -0.3 is 9.64 Å². The Labute approximate surface area is 169 Å². The van der Waals surface area contributed by atoms with Gasteiger partial charge >= 0.3 is 0 Å². The van der Waals surface area contributed by atoms with Crippen molar-refractivity contribution in [1.29, 1.82) is 0 Å². The lowest BCUT2D eigenvalue weighted by atomic mass is 10.1. The quantitative estimate of drug-likeness (QED) is 0.605. The van der Waals surface area contributed by atoms with Crippen molar-refractivity contribution in [2.75, 3.05) is 11.4 Å². The molecule has 0 spiro atoms. The molecule has 1 unspecified atom stereocenters. The lowest BCUT2D eigenvalue weighted by Gasteiger charge is -2.33. The van der Waals surface area contributed by atoms with Gasteiger partial charge in [0.1, 0.15) is 11.1 Å². The highest BCUT2D eigenvalue weighted by molar-refractivity contribution is 7.86. The summed E-state index contributed by atoms with van der Waals surface area (Å²) < 4.78 is 39.9. The van der Waals surface area contributed by atoms with Crippen molar-refractivity contribution in [3.8, 4) is 11.5 Å². The van der Waals surface area contributed by atoms with Gasteiger partial charge in [-0.15, -0.1) is 0 Å². The van der Waals surface area contributed by atoms with Crippen LogP contribution < -0.4 is 9.64 Å². The monoisotopic (exact) mass is 411 g/mol. The molecule has 1 N–H and O–H groups in total. The van der Waals surface area contributed by atoms with Crippen molar-refractivity contribution in [2.45, 2.75) is 25.0 Å². The number of aryl methyl sites for hydroxylation is 1. The summed E-state index contributed by atoms with van der Waals surface area (Å²) in [7, 11) is -4.37. The number of rotatable bonds is 6. The molecule has 8 heteroatoms. The maximum Gasteiger partial charge on any atom is 0.275 e. The van der Waals surface area contributed by atoms with Crippen LogP contribution in [-0.4, -0.2) is 29.5 Å². The third kappa shape index (κ3) is 3.94. The maximum absolute atomic E-state index is 12.0. The van der Waals surface area contributed by atoms with Gasteiger partial charge in [0, 0.05) is 18.9 Å². The number of aromatic nitrogens is 2. The summed E-state index contributed by atoms with van der Waals surface area (Å²) in [6.07, 6.45) is 3.92. The smallest absolute Gasteiger partial charge is 0.275 e. The molecule has 2 aromatic carbocycles.